The molecule has 0 aromatic rings. The van der Waals surface area contributed by atoms with Crippen LogP contribution in [0.3, 0.4) is 0 Å². The van der Waals surface area contributed by atoms with Crippen molar-refractivity contribution in [3.8, 4) is 0 Å². The topological polar surface area (TPSA) is 32.3 Å². The summed E-state index contributed by atoms with van der Waals surface area (Å²) in [5.41, 5.74) is 0.187. The third-order valence-electron chi connectivity index (χ3n) is 3.68. The standard InChI is InChI=1S/C16H34N2O/c1-12(2)9-14(11-18(7)8)17-15(19)10-13(3)16(4,5)6/h12-14H,9-11H2,1-8H3,(H,17,19). The Morgan fingerprint density at radius 3 is 2.05 bits per heavy atom. The Morgan fingerprint density at radius 1 is 1.16 bits per heavy atom. The minimum Gasteiger partial charge on any atom is -0.352 e. The molecule has 0 heterocycles. The van der Waals surface area contributed by atoms with Crippen LogP contribution in [0.1, 0.15) is 54.4 Å². The van der Waals surface area contributed by atoms with Gasteiger partial charge in [-0.2, -0.15) is 0 Å². The summed E-state index contributed by atoms with van der Waals surface area (Å²) in [6.45, 7) is 14.0. The fourth-order valence-electron chi connectivity index (χ4n) is 2.06. The normalized spacial score (nSPS) is 15.7. The van der Waals surface area contributed by atoms with Crippen LogP contribution in [0, 0.1) is 17.3 Å². The van der Waals surface area contributed by atoms with Crippen LogP contribution in [0.5, 0.6) is 0 Å². The predicted molar refractivity (Wildman–Crippen MR) is 83.2 cm³/mol. The van der Waals surface area contributed by atoms with Gasteiger partial charge in [0.15, 0.2) is 0 Å². The van der Waals surface area contributed by atoms with E-state index in [9.17, 15) is 4.79 Å². The van der Waals surface area contributed by atoms with Crippen LogP contribution >= 0.6 is 0 Å². The molecule has 0 aromatic heterocycles. The van der Waals surface area contributed by atoms with Gasteiger partial charge in [-0.05, 0) is 37.8 Å². The first kappa shape index (κ1) is 18.4. The molecule has 0 radical (unpaired) electrons. The highest BCUT2D eigenvalue weighted by Crippen LogP contribution is 2.27. The van der Waals surface area contributed by atoms with Crippen molar-refractivity contribution in [3.05, 3.63) is 0 Å². The maximum atomic E-state index is 12.1. The highest BCUT2D eigenvalue weighted by Gasteiger charge is 2.24. The summed E-state index contributed by atoms with van der Waals surface area (Å²) < 4.78 is 0. The molecule has 0 aromatic carbocycles. The molecule has 0 saturated carbocycles. The van der Waals surface area contributed by atoms with Crippen molar-refractivity contribution >= 4 is 5.91 Å². The van der Waals surface area contributed by atoms with Gasteiger partial charge in [0.1, 0.15) is 0 Å². The lowest BCUT2D eigenvalue weighted by molar-refractivity contribution is -0.123. The molecule has 0 aliphatic heterocycles. The van der Waals surface area contributed by atoms with Crippen LogP contribution < -0.4 is 5.32 Å². The summed E-state index contributed by atoms with van der Waals surface area (Å²) in [5.74, 6) is 1.19. The Labute approximate surface area is 120 Å². The highest BCUT2D eigenvalue weighted by molar-refractivity contribution is 5.76. The summed E-state index contributed by atoms with van der Waals surface area (Å²) in [6.07, 6.45) is 1.65. The summed E-state index contributed by atoms with van der Waals surface area (Å²) in [7, 11) is 4.11. The van der Waals surface area contributed by atoms with Crippen molar-refractivity contribution in [2.24, 2.45) is 17.3 Å². The average Bonchev–Trinajstić information content (AvgIpc) is 2.12. The van der Waals surface area contributed by atoms with E-state index in [4.69, 9.17) is 0 Å². The van der Waals surface area contributed by atoms with Crippen LogP contribution in [-0.2, 0) is 4.79 Å². The lowest BCUT2D eigenvalue weighted by Gasteiger charge is -2.29. The summed E-state index contributed by atoms with van der Waals surface area (Å²) >= 11 is 0. The van der Waals surface area contributed by atoms with Crippen molar-refractivity contribution in [1.82, 2.24) is 10.2 Å². The van der Waals surface area contributed by atoms with Gasteiger partial charge in [-0.1, -0.05) is 41.5 Å². The molecule has 1 amide bonds. The summed E-state index contributed by atoms with van der Waals surface area (Å²) in [6, 6.07) is 0.259. The Morgan fingerprint density at radius 2 is 1.68 bits per heavy atom. The van der Waals surface area contributed by atoms with Crippen LogP contribution in [0.2, 0.25) is 0 Å². The molecule has 1 N–H and O–H groups in total. The van der Waals surface area contributed by atoms with Gasteiger partial charge < -0.3 is 10.2 Å². The third kappa shape index (κ3) is 9.04. The zero-order chi connectivity index (χ0) is 15.2. The van der Waals surface area contributed by atoms with Gasteiger partial charge in [0.25, 0.3) is 0 Å². The highest BCUT2D eigenvalue weighted by atomic mass is 16.1. The Bertz CT molecular complexity index is 256. The van der Waals surface area contributed by atoms with Crippen molar-refractivity contribution in [3.63, 3.8) is 0 Å². The van der Waals surface area contributed by atoms with Gasteiger partial charge in [0.05, 0.1) is 0 Å². The molecule has 114 valence electrons. The Kier molecular flexibility index (Phi) is 7.65. The Balaban J connectivity index is 4.38. The molecule has 0 saturated heterocycles. The first-order chi connectivity index (χ1) is 8.52. The number of nitrogens with zero attached hydrogens (tertiary/aromatic N) is 1. The second-order valence-corrected chi connectivity index (χ2v) is 7.63. The Hall–Kier alpha value is -0.570. The number of hydrogen-bond acceptors (Lipinski definition) is 2. The van der Waals surface area contributed by atoms with Crippen LogP contribution in [0.15, 0.2) is 0 Å². The molecule has 0 rings (SSSR count). The van der Waals surface area contributed by atoms with E-state index in [0.29, 0.717) is 18.3 Å². The van der Waals surface area contributed by atoms with E-state index in [2.05, 4.69) is 65.9 Å². The van der Waals surface area contributed by atoms with Crippen molar-refractivity contribution in [2.75, 3.05) is 20.6 Å². The molecule has 2 unspecified atom stereocenters. The van der Waals surface area contributed by atoms with Crippen molar-refractivity contribution in [1.29, 1.82) is 0 Å². The molecule has 19 heavy (non-hydrogen) atoms. The summed E-state index contributed by atoms with van der Waals surface area (Å²) in [4.78, 5) is 14.3. The number of amides is 1. The third-order valence-corrected chi connectivity index (χ3v) is 3.68. The van der Waals surface area contributed by atoms with E-state index >= 15 is 0 Å². The number of hydrogen-bond donors (Lipinski definition) is 1. The smallest absolute Gasteiger partial charge is 0.220 e. The molecule has 3 heteroatoms. The van der Waals surface area contributed by atoms with Crippen LogP contribution in [0.4, 0.5) is 0 Å². The second-order valence-electron chi connectivity index (χ2n) is 7.63. The van der Waals surface area contributed by atoms with Gasteiger partial charge in [-0.3, -0.25) is 4.79 Å². The summed E-state index contributed by atoms with van der Waals surface area (Å²) in [5, 5.41) is 3.20. The zero-order valence-electron chi connectivity index (χ0n) is 14.2. The van der Waals surface area contributed by atoms with Crippen molar-refractivity contribution < 1.29 is 4.79 Å². The van der Waals surface area contributed by atoms with Crippen LogP contribution in [-0.4, -0.2) is 37.5 Å². The molecule has 0 bridgehead atoms. The van der Waals surface area contributed by atoms with E-state index in [1.165, 1.54) is 0 Å². The van der Waals surface area contributed by atoms with E-state index in [0.717, 1.165) is 13.0 Å². The number of carbonyl (C=O) groups is 1. The lowest BCUT2D eigenvalue weighted by atomic mass is 9.80. The molecular weight excluding hydrogens is 236 g/mol. The minimum absolute atomic E-state index is 0.187. The fraction of sp³-hybridized carbons (Fsp3) is 0.938. The molecule has 3 nitrogen and oxygen atoms in total. The van der Waals surface area contributed by atoms with Gasteiger partial charge in [-0.15, -0.1) is 0 Å². The number of rotatable bonds is 7. The first-order valence-electron chi connectivity index (χ1n) is 7.46. The number of likely N-dealkylation sites (N-methyl/N-ethyl adjacent to an activating group) is 1. The molecule has 2 atom stereocenters. The van der Waals surface area contributed by atoms with Crippen molar-refractivity contribution in [2.45, 2.75) is 60.4 Å². The monoisotopic (exact) mass is 270 g/mol. The van der Waals surface area contributed by atoms with Gasteiger partial charge >= 0.3 is 0 Å². The minimum atomic E-state index is 0.187. The largest absolute Gasteiger partial charge is 0.352 e. The maximum absolute atomic E-state index is 12.1. The maximum Gasteiger partial charge on any atom is 0.220 e. The van der Waals surface area contributed by atoms with Gasteiger partial charge in [0.2, 0.25) is 5.91 Å². The number of nitrogens with one attached hydrogen (secondary N) is 1. The lowest BCUT2D eigenvalue weighted by Crippen LogP contribution is -2.43. The van der Waals surface area contributed by atoms with Crippen LogP contribution in [0.25, 0.3) is 0 Å². The van der Waals surface area contributed by atoms with Gasteiger partial charge in [-0.25, -0.2) is 0 Å². The number of carbonyl (C=O) groups excluding carboxylic acids is 1. The molecular formula is C16H34N2O. The predicted octanol–water partition coefficient (Wildman–Crippen LogP) is 3.15. The molecule has 0 aliphatic carbocycles. The van der Waals surface area contributed by atoms with Gasteiger partial charge in [0, 0.05) is 19.0 Å². The molecule has 0 spiro atoms. The van der Waals surface area contributed by atoms with E-state index in [1.54, 1.807) is 0 Å². The quantitative estimate of drug-likeness (QED) is 0.771. The van der Waals surface area contributed by atoms with E-state index < -0.39 is 0 Å². The van der Waals surface area contributed by atoms with E-state index in [1.807, 2.05) is 0 Å². The second kappa shape index (κ2) is 7.88. The fourth-order valence-corrected chi connectivity index (χ4v) is 2.06. The zero-order valence-corrected chi connectivity index (χ0v) is 14.2. The van der Waals surface area contributed by atoms with E-state index in [-0.39, 0.29) is 17.4 Å². The molecule has 0 aliphatic rings. The molecule has 0 fully saturated rings. The SMILES string of the molecule is CC(C)CC(CN(C)C)NC(=O)CC(C)C(C)(C)C. The average molecular weight is 270 g/mol. The first-order valence-corrected chi connectivity index (χ1v) is 7.46.